The molecule has 0 saturated heterocycles. The Hall–Kier alpha value is -1.28. The smallest absolute Gasteiger partial charge is 0.340 e. The van der Waals surface area contributed by atoms with Gasteiger partial charge in [0.1, 0.15) is 17.2 Å². The van der Waals surface area contributed by atoms with Crippen molar-refractivity contribution in [3.8, 4) is 23.0 Å². The molecule has 28 heavy (non-hydrogen) atoms. The fourth-order valence-electron chi connectivity index (χ4n) is 3.73. The number of carbonyl (C=O) groups is 1. The summed E-state index contributed by atoms with van der Waals surface area (Å²) >= 11 is 6.10. The van der Waals surface area contributed by atoms with Crippen molar-refractivity contribution in [1.82, 2.24) is 0 Å². The van der Waals surface area contributed by atoms with Gasteiger partial charge in [-0.3, -0.25) is 0 Å². The molecule has 0 saturated carbocycles. The highest BCUT2D eigenvalue weighted by Crippen LogP contribution is 2.59. The number of fused-ring (bicyclic) bond motifs is 6. The molecule has 0 radical (unpaired) electrons. The summed E-state index contributed by atoms with van der Waals surface area (Å²) in [5.41, 5.74) is 1.27. The summed E-state index contributed by atoms with van der Waals surface area (Å²) in [6, 6.07) is 12.3. The van der Waals surface area contributed by atoms with E-state index in [1.54, 1.807) is 24.3 Å². The van der Waals surface area contributed by atoms with Crippen molar-refractivity contribution in [2.24, 2.45) is 0 Å². The van der Waals surface area contributed by atoms with Crippen LogP contribution in [0.3, 0.4) is 0 Å². The Labute approximate surface area is 200 Å². The maximum atomic E-state index is 12.8. The molecule has 0 aromatic heterocycles. The quantitative estimate of drug-likeness (QED) is 0.239. The number of phenols is 2. The van der Waals surface area contributed by atoms with E-state index in [9.17, 15) is 15.0 Å². The molecule has 0 amide bonds. The number of phenolic OH excluding ortho intramolecular Hbond substituents is 2. The molecule has 1 atom stereocenters. The van der Waals surface area contributed by atoms with Gasteiger partial charge in [0.15, 0.2) is 11.4 Å². The summed E-state index contributed by atoms with van der Waals surface area (Å²) in [7, 11) is 0. The number of rotatable bonds is 0. The average Bonchev–Trinajstić information content (AvgIpc) is 2.97. The van der Waals surface area contributed by atoms with Crippen molar-refractivity contribution in [3.05, 3.63) is 75.4 Å². The lowest BCUT2D eigenvalue weighted by atomic mass is 9.77. The van der Waals surface area contributed by atoms with E-state index in [2.05, 4.69) is 22.6 Å². The average molecular weight is 710 g/mol. The van der Waals surface area contributed by atoms with Gasteiger partial charge in [0.2, 0.25) is 0 Å². The molecule has 2 heterocycles. The Morgan fingerprint density at radius 2 is 1.61 bits per heavy atom. The summed E-state index contributed by atoms with van der Waals surface area (Å²) in [6.07, 6.45) is 0. The van der Waals surface area contributed by atoms with E-state index in [1.807, 2.05) is 57.3 Å². The highest BCUT2D eigenvalue weighted by atomic mass is 127. The number of carbonyl (C=O) groups excluding carboxylic acids is 1. The van der Waals surface area contributed by atoms with Gasteiger partial charge >= 0.3 is 5.97 Å². The molecule has 1 unspecified atom stereocenters. The van der Waals surface area contributed by atoms with Crippen LogP contribution in [0.5, 0.6) is 23.0 Å². The molecule has 5 rings (SSSR count). The van der Waals surface area contributed by atoms with E-state index in [0.29, 0.717) is 44.5 Å². The Morgan fingerprint density at radius 1 is 0.893 bits per heavy atom. The summed E-state index contributed by atoms with van der Waals surface area (Å²) < 4.78 is 13.9. The Balaban J connectivity index is 1.96. The van der Waals surface area contributed by atoms with Crippen LogP contribution in [0.15, 0.2) is 42.5 Å². The highest BCUT2D eigenvalue weighted by Gasteiger charge is 2.54. The molecular weight excluding hydrogens is 701 g/mol. The van der Waals surface area contributed by atoms with Gasteiger partial charge in [-0.2, -0.15) is 0 Å². The van der Waals surface area contributed by atoms with Gasteiger partial charge in [-0.25, -0.2) is 4.79 Å². The third-order valence-corrected chi connectivity index (χ3v) is 7.63. The fraction of sp³-hybridized carbons (Fsp3) is 0.0500. The number of benzene rings is 3. The standard InChI is InChI=1S/C20H9I3O5/c21-12-5-10-15(7-14(12)24)27-18-11(6-13(22)17(25)16(18)23)20(10)9-4-2-1-3-8(9)19(26)28-20/h1-7,24-25H. The predicted octanol–water partition coefficient (Wildman–Crippen LogP) is 5.48. The minimum Gasteiger partial charge on any atom is -0.507 e. The second kappa shape index (κ2) is 6.36. The summed E-state index contributed by atoms with van der Waals surface area (Å²) in [6.45, 7) is 0. The highest BCUT2D eigenvalue weighted by molar-refractivity contribution is 14.1. The molecule has 3 aromatic carbocycles. The minimum absolute atomic E-state index is 0.0697. The van der Waals surface area contributed by atoms with Crippen LogP contribution >= 0.6 is 67.8 Å². The van der Waals surface area contributed by atoms with Crippen molar-refractivity contribution >= 4 is 73.7 Å². The van der Waals surface area contributed by atoms with Crippen LogP contribution in [0.2, 0.25) is 0 Å². The van der Waals surface area contributed by atoms with Crippen LogP contribution in [-0.2, 0) is 10.3 Å². The first-order valence-electron chi connectivity index (χ1n) is 8.09. The zero-order chi connectivity index (χ0) is 19.8. The van der Waals surface area contributed by atoms with Crippen molar-refractivity contribution in [2.75, 3.05) is 0 Å². The minimum atomic E-state index is -1.21. The topological polar surface area (TPSA) is 76.0 Å². The third kappa shape index (κ3) is 2.36. The van der Waals surface area contributed by atoms with Crippen LogP contribution < -0.4 is 4.74 Å². The van der Waals surface area contributed by atoms with Crippen molar-refractivity contribution in [3.63, 3.8) is 0 Å². The molecule has 5 nitrogen and oxygen atoms in total. The SMILES string of the molecule is O=C1OC2(c3cc(I)c(O)cc3Oc3c2cc(I)c(O)c3I)c2ccccc21. The number of aromatic hydroxyl groups is 2. The molecule has 0 fully saturated rings. The van der Waals surface area contributed by atoms with E-state index in [1.165, 1.54) is 6.07 Å². The molecule has 2 aliphatic heterocycles. The maximum Gasteiger partial charge on any atom is 0.340 e. The van der Waals surface area contributed by atoms with Crippen LogP contribution in [0, 0.1) is 10.7 Å². The zero-order valence-corrected chi connectivity index (χ0v) is 20.3. The molecule has 3 aromatic rings. The van der Waals surface area contributed by atoms with Gasteiger partial charge in [-0.15, -0.1) is 0 Å². The predicted molar refractivity (Wildman–Crippen MR) is 126 cm³/mol. The Morgan fingerprint density at radius 3 is 2.39 bits per heavy atom. The number of esters is 1. The molecular formula is C20H9I3O5. The molecule has 0 aliphatic carbocycles. The van der Waals surface area contributed by atoms with Gasteiger partial charge in [0.25, 0.3) is 0 Å². The molecule has 2 aliphatic rings. The fourth-order valence-corrected chi connectivity index (χ4v) is 5.98. The molecule has 2 N–H and O–H groups in total. The Kier molecular flexibility index (Phi) is 4.25. The maximum absolute atomic E-state index is 12.8. The number of ether oxygens (including phenoxy) is 2. The van der Waals surface area contributed by atoms with E-state index < -0.39 is 11.6 Å². The second-order valence-corrected chi connectivity index (χ2v) is 9.82. The number of hydrogen-bond donors (Lipinski definition) is 2. The van der Waals surface area contributed by atoms with E-state index >= 15 is 0 Å². The molecule has 1 spiro atoms. The van der Waals surface area contributed by atoms with Gasteiger partial charge in [0.05, 0.1) is 21.8 Å². The first kappa shape index (κ1) is 18.7. The van der Waals surface area contributed by atoms with Crippen molar-refractivity contribution in [1.29, 1.82) is 0 Å². The van der Waals surface area contributed by atoms with Gasteiger partial charge < -0.3 is 19.7 Å². The molecule has 0 bridgehead atoms. The lowest BCUT2D eigenvalue weighted by Gasteiger charge is -2.37. The van der Waals surface area contributed by atoms with Crippen LogP contribution in [0.1, 0.15) is 27.0 Å². The normalized spacial score (nSPS) is 18.9. The first-order valence-corrected chi connectivity index (χ1v) is 11.3. The monoisotopic (exact) mass is 710 g/mol. The zero-order valence-electron chi connectivity index (χ0n) is 13.8. The van der Waals surface area contributed by atoms with Gasteiger partial charge in [-0.05, 0) is 86.0 Å². The number of halogens is 3. The van der Waals surface area contributed by atoms with E-state index in [0.717, 1.165) is 0 Å². The molecule has 8 heteroatoms. The summed E-state index contributed by atoms with van der Waals surface area (Å²) in [5.74, 6) is 0.548. The van der Waals surface area contributed by atoms with Crippen LogP contribution in [0.4, 0.5) is 0 Å². The third-order valence-electron chi connectivity index (χ3n) is 4.94. The lowest BCUT2D eigenvalue weighted by Crippen LogP contribution is -2.33. The number of hydrogen-bond acceptors (Lipinski definition) is 5. The van der Waals surface area contributed by atoms with Crippen molar-refractivity contribution < 1.29 is 24.5 Å². The summed E-state index contributed by atoms with van der Waals surface area (Å²) in [4.78, 5) is 12.8. The van der Waals surface area contributed by atoms with Gasteiger partial charge in [-0.1, -0.05) is 18.2 Å². The van der Waals surface area contributed by atoms with E-state index in [-0.39, 0.29) is 11.5 Å². The first-order chi connectivity index (χ1) is 13.3. The summed E-state index contributed by atoms with van der Waals surface area (Å²) in [5, 5.41) is 20.7. The van der Waals surface area contributed by atoms with Gasteiger partial charge in [0, 0.05) is 17.2 Å². The van der Waals surface area contributed by atoms with Crippen molar-refractivity contribution in [2.45, 2.75) is 5.60 Å². The van der Waals surface area contributed by atoms with E-state index in [4.69, 9.17) is 9.47 Å². The second-order valence-electron chi connectivity index (χ2n) is 6.42. The Bertz CT molecular complexity index is 1210. The van der Waals surface area contributed by atoms with Crippen LogP contribution in [-0.4, -0.2) is 16.2 Å². The molecule has 140 valence electrons. The lowest BCUT2D eigenvalue weighted by molar-refractivity contribution is 0.0223. The largest absolute Gasteiger partial charge is 0.507 e. The van der Waals surface area contributed by atoms with Crippen LogP contribution in [0.25, 0.3) is 0 Å².